The highest BCUT2D eigenvalue weighted by molar-refractivity contribution is 5.95. The van der Waals surface area contributed by atoms with Gasteiger partial charge < -0.3 is 20.9 Å². The van der Waals surface area contributed by atoms with Crippen LogP contribution < -0.4 is 20.9 Å². The predicted octanol–water partition coefficient (Wildman–Crippen LogP) is 3.72. The molecule has 3 rings (SSSR count). The Kier molecular flexibility index (Phi) is 6.14. The van der Waals surface area contributed by atoms with E-state index in [1.54, 1.807) is 48.5 Å². The molecule has 148 valence electrons. The van der Waals surface area contributed by atoms with E-state index in [4.69, 9.17) is 31.8 Å². The van der Waals surface area contributed by atoms with Crippen molar-refractivity contribution in [2.45, 2.75) is 20.1 Å². The van der Waals surface area contributed by atoms with Crippen molar-refractivity contribution >= 4 is 11.7 Å². The Labute approximate surface area is 170 Å². The van der Waals surface area contributed by atoms with Gasteiger partial charge in [-0.1, -0.05) is 17.7 Å². The van der Waals surface area contributed by atoms with Crippen molar-refractivity contribution in [3.8, 4) is 11.5 Å². The van der Waals surface area contributed by atoms with Crippen molar-refractivity contribution in [1.82, 2.24) is 0 Å². The van der Waals surface area contributed by atoms with Crippen LogP contribution in [0.4, 0.5) is 0 Å². The molecule has 6 N–H and O–H groups in total. The standard InChI is InChI=1S/C23H24N4O2/c1-15-10-16(13-28-20-6-2-18(3-7-20)22(24)25)12-17(11-15)14-29-21-8-4-19(5-9-21)23(26)27/h2-12H,13-14H2,1H3,(H3,24,25)(H3,26,27). The second kappa shape index (κ2) is 8.93. The molecule has 0 aliphatic heterocycles. The molecule has 0 aromatic heterocycles. The first-order chi connectivity index (χ1) is 13.9. The van der Waals surface area contributed by atoms with Gasteiger partial charge in [-0.05, 0) is 72.6 Å². The van der Waals surface area contributed by atoms with Gasteiger partial charge in [0.05, 0.1) is 0 Å². The fraction of sp³-hybridized carbons (Fsp3) is 0.130. The van der Waals surface area contributed by atoms with Crippen LogP contribution in [-0.4, -0.2) is 11.7 Å². The van der Waals surface area contributed by atoms with Crippen LogP contribution in [0.5, 0.6) is 11.5 Å². The highest BCUT2D eigenvalue weighted by Gasteiger charge is 2.04. The Bertz CT molecular complexity index is 932. The zero-order valence-electron chi connectivity index (χ0n) is 16.2. The smallest absolute Gasteiger partial charge is 0.122 e. The Morgan fingerprint density at radius 2 is 1.07 bits per heavy atom. The van der Waals surface area contributed by atoms with E-state index in [1.807, 2.05) is 6.92 Å². The van der Waals surface area contributed by atoms with E-state index in [-0.39, 0.29) is 11.7 Å². The van der Waals surface area contributed by atoms with E-state index in [0.29, 0.717) is 24.3 Å². The summed E-state index contributed by atoms with van der Waals surface area (Å²) in [7, 11) is 0. The summed E-state index contributed by atoms with van der Waals surface area (Å²) in [6, 6.07) is 20.5. The van der Waals surface area contributed by atoms with Crippen molar-refractivity contribution in [2.24, 2.45) is 11.5 Å². The Hall–Kier alpha value is -3.80. The number of ether oxygens (including phenoxy) is 2. The van der Waals surface area contributed by atoms with Gasteiger partial charge in [0.25, 0.3) is 0 Å². The van der Waals surface area contributed by atoms with Gasteiger partial charge in [0.15, 0.2) is 0 Å². The number of hydrogen-bond donors (Lipinski definition) is 4. The summed E-state index contributed by atoms with van der Waals surface area (Å²) in [6.07, 6.45) is 0. The van der Waals surface area contributed by atoms with Gasteiger partial charge in [-0.25, -0.2) is 0 Å². The second-order valence-corrected chi connectivity index (χ2v) is 6.78. The van der Waals surface area contributed by atoms with Gasteiger partial charge in [-0.15, -0.1) is 0 Å². The zero-order chi connectivity index (χ0) is 20.8. The van der Waals surface area contributed by atoms with Crippen LogP contribution in [0.2, 0.25) is 0 Å². The molecule has 6 heteroatoms. The lowest BCUT2D eigenvalue weighted by atomic mass is 10.1. The first-order valence-electron chi connectivity index (χ1n) is 9.14. The molecule has 3 aromatic carbocycles. The van der Waals surface area contributed by atoms with E-state index in [9.17, 15) is 0 Å². The average Bonchev–Trinajstić information content (AvgIpc) is 2.71. The lowest BCUT2D eigenvalue weighted by Gasteiger charge is -2.11. The van der Waals surface area contributed by atoms with Gasteiger partial charge in [0.1, 0.15) is 36.4 Å². The maximum atomic E-state index is 7.43. The molecule has 0 heterocycles. The molecule has 0 saturated heterocycles. The Morgan fingerprint density at radius 1 is 0.690 bits per heavy atom. The summed E-state index contributed by atoms with van der Waals surface area (Å²) in [4.78, 5) is 0. The molecule has 0 aliphatic rings. The number of hydrogen-bond acceptors (Lipinski definition) is 4. The van der Waals surface area contributed by atoms with Crippen LogP contribution in [0.15, 0.2) is 66.7 Å². The minimum Gasteiger partial charge on any atom is -0.489 e. The molecule has 29 heavy (non-hydrogen) atoms. The second-order valence-electron chi connectivity index (χ2n) is 6.78. The Balaban J connectivity index is 1.61. The molecular weight excluding hydrogens is 364 g/mol. The number of amidine groups is 2. The van der Waals surface area contributed by atoms with Crippen LogP contribution in [0, 0.1) is 17.7 Å². The van der Waals surface area contributed by atoms with E-state index in [0.717, 1.165) is 28.2 Å². The fourth-order valence-electron chi connectivity index (χ4n) is 2.91. The zero-order valence-corrected chi connectivity index (χ0v) is 16.2. The first-order valence-corrected chi connectivity index (χ1v) is 9.14. The van der Waals surface area contributed by atoms with E-state index in [2.05, 4.69) is 18.2 Å². The van der Waals surface area contributed by atoms with Crippen molar-refractivity contribution in [3.05, 3.63) is 94.5 Å². The van der Waals surface area contributed by atoms with Crippen molar-refractivity contribution < 1.29 is 9.47 Å². The van der Waals surface area contributed by atoms with Crippen LogP contribution in [0.3, 0.4) is 0 Å². The molecule has 0 bridgehead atoms. The Morgan fingerprint density at radius 3 is 1.41 bits per heavy atom. The molecular formula is C23H24N4O2. The molecule has 0 atom stereocenters. The summed E-state index contributed by atoms with van der Waals surface area (Å²) in [5.74, 6) is 1.52. The molecule has 0 amide bonds. The number of benzene rings is 3. The minimum atomic E-state index is 0.0378. The van der Waals surface area contributed by atoms with Gasteiger partial charge in [0.2, 0.25) is 0 Å². The summed E-state index contributed by atoms with van der Waals surface area (Å²) >= 11 is 0. The normalized spacial score (nSPS) is 10.4. The molecule has 0 saturated carbocycles. The van der Waals surface area contributed by atoms with Crippen molar-refractivity contribution in [3.63, 3.8) is 0 Å². The third-order valence-corrected chi connectivity index (χ3v) is 4.34. The molecule has 3 aromatic rings. The monoisotopic (exact) mass is 388 g/mol. The van der Waals surface area contributed by atoms with Gasteiger partial charge in [0, 0.05) is 11.1 Å². The van der Waals surface area contributed by atoms with Crippen LogP contribution >= 0.6 is 0 Å². The maximum absolute atomic E-state index is 7.43. The number of nitrogens with two attached hydrogens (primary N) is 2. The number of nitrogens with one attached hydrogen (secondary N) is 2. The minimum absolute atomic E-state index is 0.0378. The third kappa shape index (κ3) is 5.59. The quantitative estimate of drug-likeness (QED) is 0.347. The van der Waals surface area contributed by atoms with Crippen molar-refractivity contribution in [2.75, 3.05) is 0 Å². The number of nitrogen functional groups attached to an aromatic ring is 2. The molecule has 0 fully saturated rings. The first kappa shape index (κ1) is 19.9. The number of aryl methyl sites for hydroxylation is 1. The summed E-state index contributed by atoms with van der Waals surface area (Å²) in [5.41, 5.74) is 15.5. The summed E-state index contributed by atoms with van der Waals surface area (Å²) < 4.78 is 11.7. The molecule has 0 radical (unpaired) electrons. The van der Waals surface area contributed by atoms with Gasteiger partial charge in [-0.2, -0.15) is 0 Å². The average molecular weight is 388 g/mol. The fourth-order valence-corrected chi connectivity index (χ4v) is 2.91. The molecule has 6 nitrogen and oxygen atoms in total. The summed E-state index contributed by atoms with van der Waals surface area (Å²) in [6.45, 7) is 2.90. The molecule has 0 unspecified atom stereocenters. The van der Waals surface area contributed by atoms with Gasteiger partial charge >= 0.3 is 0 Å². The van der Waals surface area contributed by atoms with Crippen LogP contribution in [-0.2, 0) is 13.2 Å². The highest BCUT2D eigenvalue weighted by atomic mass is 16.5. The number of rotatable bonds is 8. The van der Waals surface area contributed by atoms with Crippen LogP contribution in [0.25, 0.3) is 0 Å². The largest absolute Gasteiger partial charge is 0.489 e. The van der Waals surface area contributed by atoms with E-state index < -0.39 is 0 Å². The van der Waals surface area contributed by atoms with Crippen LogP contribution in [0.1, 0.15) is 27.8 Å². The van der Waals surface area contributed by atoms with Gasteiger partial charge in [-0.3, -0.25) is 10.8 Å². The van der Waals surface area contributed by atoms with Crippen molar-refractivity contribution in [1.29, 1.82) is 10.8 Å². The maximum Gasteiger partial charge on any atom is 0.122 e. The lowest BCUT2D eigenvalue weighted by Crippen LogP contribution is -2.10. The SMILES string of the molecule is Cc1cc(COc2ccc(C(=N)N)cc2)cc(COc2ccc(C(=N)N)cc2)c1. The molecule has 0 spiro atoms. The van der Waals surface area contributed by atoms with E-state index in [1.165, 1.54) is 0 Å². The highest BCUT2D eigenvalue weighted by Crippen LogP contribution is 2.18. The molecule has 0 aliphatic carbocycles. The topological polar surface area (TPSA) is 118 Å². The third-order valence-electron chi connectivity index (χ3n) is 4.34. The lowest BCUT2D eigenvalue weighted by molar-refractivity contribution is 0.299. The predicted molar refractivity (Wildman–Crippen MR) is 115 cm³/mol. The van der Waals surface area contributed by atoms with E-state index >= 15 is 0 Å². The summed E-state index contributed by atoms with van der Waals surface area (Å²) in [5, 5.41) is 14.9.